The molecule has 9 heteroatoms. The molecule has 1 fully saturated rings. The quantitative estimate of drug-likeness (QED) is 0.432. The summed E-state index contributed by atoms with van der Waals surface area (Å²) in [5.41, 5.74) is 8.89. The molecule has 0 bridgehead atoms. The van der Waals surface area contributed by atoms with E-state index >= 15 is 0 Å². The van der Waals surface area contributed by atoms with Gasteiger partial charge < -0.3 is 16.0 Å². The van der Waals surface area contributed by atoms with Crippen molar-refractivity contribution in [2.75, 3.05) is 13.1 Å². The Morgan fingerprint density at radius 3 is 2.97 bits per heavy atom. The second-order valence-corrected chi connectivity index (χ2v) is 8.71. The van der Waals surface area contributed by atoms with Crippen molar-refractivity contribution in [2.24, 2.45) is 10.7 Å². The van der Waals surface area contributed by atoms with E-state index in [-0.39, 0.29) is 0 Å². The Bertz CT molecular complexity index is 1340. The number of hydrogen-bond acceptors (Lipinski definition) is 7. The van der Waals surface area contributed by atoms with Gasteiger partial charge in [0, 0.05) is 42.0 Å². The number of allylic oxidation sites excluding steroid dienone is 1. The van der Waals surface area contributed by atoms with E-state index in [2.05, 4.69) is 40.4 Å². The Balaban J connectivity index is 1.73. The van der Waals surface area contributed by atoms with E-state index in [1.165, 1.54) is 4.88 Å². The number of hydrogen-bond donors (Lipinski definition) is 3. The predicted octanol–water partition coefficient (Wildman–Crippen LogP) is 3.03. The topological polar surface area (TPSA) is 121 Å². The Labute approximate surface area is 176 Å². The van der Waals surface area contributed by atoms with Crippen LogP contribution >= 0.6 is 11.3 Å². The highest BCUT2D eigenvalue weighted by Gasteiger charge is 2.36. The molecular weight excluding hydrogens is 396 g/mol. The van der Waals surface area contributed by atoms with Crippen molar-refractivity contribution >= 4 is 45.3 Å². The first-order chi connectivity index (χ1) is 14.6. The summed E-state index contributed by atoms with van der Waals surface area (Å²) in [5, 5.41) is 13.4. The summed E-state index contributed by atoms with van der Waals surface area (Å²) in [7, 11) is 0. The molecule has 0 saturated carbocycles. The van der Waals surface area contributed by atoms with E-state index in [0.717, 1.165) is 32.8 Å². The van der Waals surface area contributed by atoms with E-state index in [4.69, 9.17) is 15.7 Å². The summed E-state index contributed by atoms with van der Waals surface area (Å²) < 4.78 is 2.04. The van der Waals surface area contributed by atoms with Crippen molar-refractivity contribution in [3.05, 3.63) is 41.7 Å². The van der Waals surface area contributed by atoms with E-state index < -0.39 is 5.54 Å². The molecule has 30 heavy (non-hydrogen) atoms. The van der Waals surface area contributed by atoms with Gasteiger partial charge in [0.05, 0.1) is 40.3 Å². The molecule has 8 nitrogen and oxygen atoms in total. The van der Waals surface area contributed by atoms with Crippen LogP contribution in [0.1, 0.15) is 11.3 Å². The summed E-state index contributed by atoms with van der Waals surface area (Å²) in [6.07, 6.45) is 7.31. The summed E-state index contributed by atoms with van der Waals surface area (Å²) in [6, 6.07) is 8.38. The first-order valence-corrected chi connectivity index (χ1v) is 10.4. The largest absolute Gasteiger partial charge is 0.403 e. The minimum absolute atomic E-state index is 0.363. The first kappa shape index (κ1) is 18.5. The van der Waals surface area contributed by atoms with E-state index in [0.29, 0.717) is 25.2 Å². The van der Waals surface area contributed by atoms with Crippen molar-refractivity contribution < 1.29 is 0 Å². The molecular formula is C21H20N8S. The van der Waals surface area contributed by atoms with Gasteiger partial charge >= 0.3 is 0 Å². The monoisotopic (exact) mass is 416 g/mol. The Morgan fingerprint density at radius 1 is 1.43 bits per heavy atom. The van der Waals surface area contributed by atoms with Gasteiger partial charge in [-0.1, -0.05) is 0 Å². The highest BCUT2D eigenvalue weighted by Crippen LogP contribution is 2.34. The van der Waals surface area contributed by atoms with Gasteiger partial charge in [0.15, 0.2) is 5.82 Å². The number of imidazole rings is 1. The number of thiophene rings is 1. The van der Waals surface area contributed by atoms with Gasteiger partial charge in [-0.25, -0.2) is 9.97 Å². The third-order valence-corrected chi connectivity index (χ3v) is 6.37. The smallest absolute Gasteiger partial charge is 0.156 e. The Morgan fingerprint density at radius 2 is 2.30 bits per heavy atom. The van der Waals surface area contributed by atoms with E-state index in [9.17, 15) is 5.26 Å². The van der Waals surface area contributed by atoms with Crippen LogP contribution in [0, 0.1) is 18.3 Å². The molecule has 150 valence electrons. The third-order valence-electron chi connectivity index (χ3n) is 5.38. The van der Waals surface area contributed by atoms with Gasteiger partial charge in [0.25, 0.3) is 0 Å². The van der Waals surface area contributed by atoms with Gasteiger partial charge in [-0.05, 0) is 25.1 Å². The molecule has 0 spiro atoms. The van der Waals surface area contributed by atoms with Crippen LogP contribution in [0.3, 0.4) is 0 Å². The zero-order valence-electron chi connectivity index (χ0n) is 16.4. The molecule has 1 saturated heterocycles. The number of aromatic amines is 1. The maximum atomic E-state index is 9.19. The van der Waals surface area contributed by atoms with Crippen LogP contribution < -0.4 is 11.1 Å². The van der Waals surface area contributed by atoms with E-state index in [1.807, 2.05) is 16.8 Å². The van der Waals surface area contributed by atoms with Crippen molar-refractivity contribution in [2.45, 2.75) is 18.9 Å². The lowest BCUT2D eigenvalue weighted by Gasteiger charge is -2.37. The number of fused-ring (bicyclic) bond motifs is 3. The highest BCUT2D eigenvalue weighted by molar-refractivity contribution is 7.15. The van der Waals surface area contributed by atoms with Crippen LogP contribution in [0.25, 0.3) is 38.5 Å². The standard InChI is InChI=1S/C21H20N8S/c1-13-2-3-17(30-13)20-28-16-10-26-19-15(4-7-25-19)18(16)29(20)14(8-23)9-27-21(5-6-22)11-24-12-21/h2-4,7-10,24H,5,11-12,23H2,1H3,(H,25,26). The molecule has 4 aromatic heterocycles. The fourth-order valence-electron chi connectivity index (χ4n) is 3.74. The van der Waals surface area contributed by atoms with Crippen LogP contribution in [0.4, 0.5) is 0 Å². The second-order valence-electron chi connectivity index (χ2n) is 7.43. The number of aryl methyl sites for hydroxylation is 1. The zero-order chi connectivity index (χ0) is 20.7. The molecule has 1 aliphatic rings. The molecule has 0 aromatic carbocycles. The number of rotatable bonds is 5. The molecule has 0 aliphatic carbocycles. The maximum Gasteiger partial charge on any atom is 0.156 e. The summed E-state index contributed by atoms with van der Waals surface area (Å²) in [4.78, 5) is 19.5. The normalized spacial score (nSPS) is 16.3. The molecule has 5 rings (SSSR count). The molecule has 5 heterocycles. The Hall–Kier alpha value is -3.48. The lowest BCUT2D eigenvalue weighted by atomic mass is 9.90. The van der Waals surface area contributed by atoms with Crippen LogP contribution in [0.5, 0.6) is 0 Å². The second kappa shape index (κ2) is 7.09. The maximum absolute atomic E-state index is 9.19. The number of aromatic nitrogens is 4. The van der Waals surface area contributed by atoms with Crippen LogP contribution in [-0.4, -0.2) is 44.4 Å². The lowest BCUT2D eigenvalue weighted by Crippen LogP contribution is -2.58. The van der Waals surface area contributed by atoms with Crippen molar-refractivity contribution in [3.8, 4) is 16.8 Å². The van der Waals surface area contributed by atoms with Crippen LogP contribution in [-0.2, 0) is 0 Å². The van der Waals surface area contributed by atoms with Gasteiger partial charge in [0.2, 0.25) is 0 Å². The minimum Gasteiger partial charge on any atom is -0.403 e. The number of aliphatic imine (C=N–C) groups is 1. The number of H-pyrrole nitrogens is 1. The fraction of sp³-hybridized carbons (Fsp3) is 0.238. The van der Waals surface area contributed by atoms with Gasteiger partial charge in [0.1, 0.15) is 11.2 Å². The number of pyridine rings is 1. The number of nitriles is 1. The third kappa shape index (κ3) is 2.89. The van der Waals surface area contributed by atoms with E-state index in [1.54, 1.807) is 29.9 Å². The molecule has 0 radical (unpaired) electrons. The lowest BCUT2D eigenvalue weighted by molar-refractivity contribution is 0.291. The van der Waals surface area contributed by atoms with Gasteiger partial charge in [-0.3, -0.25) is 9.56 Å². The molecule has 0 atom stereocenters. The minimum atomic E-state index is -0.399. The molecule has 0 unspecified atom stereocenters. The van der Waals surface area contributed by atoms with Crippen LogP contribution in [0.2, 0.25) is 0 Å². The first-order valence-electron chi connectivity index (χ1n) is 9.61. The molecule has 4 aromatic rings. The van der Waals surface area contributed by atoms with Crippen LogP contribution in [0.15, 0.2) is 41.8 Å². The number of nitrogens with one attached hydrogen (secondary N) is 2. The van der Waals surface area contributed by atoms with Crippen molar-refractivity contribution in [1.29, 1.82) is 5.26 Å². The van der Waals surface area contributed by atoms with Crippen molar-refractivity contribution in [3.63, 3.8) is 0 Å². The molecule has 1 aliphatic heterocycles. The summed E-state index contributed by atoms with van der Waals surface area (Å²) >= 11 is 1.68. The zero-order valence-corrected chi connectivity index (χ0v) is 17.2. The average molecular weight is 417 g/mol. The van der Waals surface area contributed by atoms with Crippen molar-refractivity contribution in [1.82, 2.24) is 24.8 Å². The van der Waals surface area contributed by atoms with Gasteiger partial charge in [-0.2, -0.15) is 5.26 Å². The highest BCUT2D eigenvalue weighted by atomic mass is 32.1. The predicted molar refractivity (Wildman–Crippen MR) is 120 cm³/mol. The Kier molecular flexibility index (Phi) is 4.38. The summed E-state index contributed by atoms with van der Waals surface area (Å²) in [6.45, 7) is 3.44. The summed E-state index contributed by atoms with van der Waals surface area (Å²) in [5.74, 6) is 0.794. The fourth-order valence-corrected chi connectivity index (χ4v) is 4.59. The average Bonchev–Trinajstić information content (AvgIpc) is 3.43. The molecule has 4 N–H and O–H groups in total. The molecule has 0 amide bonds. The van der Waals surface area contributed by atoms with Gasteiger partial charge in [-0.15, -0.1) is 11.3 Å². The SMILES string of the molecule is Cc1ccc(-c2nc3cnc4[nH]ccc4c3n2C(C=NC2(CC#N)CNC2)=CN)s1. The number of nitrogens with zero attached hydrogens (tertiary/aromatic N) is 5. The number of nitrogens with two attached hydrogens (primary N) is 1.